The standard InChI is InChI=1S/C12H23NO5Si/c1-7-16-11(14)10-9(8-17-13(10)15)18-19(5,6)12(2,3)4/h9H,7-8H2,1-6H3. The van der Waals surface area contributed by atoms with Gasteiger partial charge in [-0.15, -0.1) is 0 Å². The smallest absolute Gasteiger partial charge is 0.408 e. The Bertz CT molecular complexity index is 386. The molecule has 1 heterocycles. The topological polar surface area (TPSA) is 70.8 Å². The number of hydrogen-bond acceptors (Lipinski definition) is 5. The van der Waals surface area contributed by atoms with Crippen LogP contribution in [-0.4, -0.2) is 44.2 Å². The van der Waals surface area contributed by atoms with Crippen molar-refractivity contribution < 1.29 is 23.7 Å². The van der Waals surface area contributed by atoms with Crippen LogP contribution in [0.3, 0.4) is 0 Å². The Kier molecular flexibility index (Phi) is 4.62. The Hall–Kier alpha value is -1.08. The molecule has 0 aromatic rings. The normalized spacial score (nSPS) is 20.4. The van der Waals surface area contributed by atoms with Crippen LogP contribution >= 0.6 is 0 Å². The summed E-state index contributed by atoms with van der Waals surface area (Å²) >= 11 is 0. The summed E-state index contributed by atoms with van der Waals surface area (Å²) in [5, 5.41) is 11.5. The summed E-state index contributed by atoms with van der Waals surface area (Å²) in [5.41, 5.74) is -0.0910. The zero-order chi connectivity index (χ0) is 14.8. The zero-order valence-electron chi connectivity index (χ0n) is 12.5. The molecular weight excluding hydrogens is 266 g/mol. The van der Waals surface area contributed by atoms with E-state index in [2.05, 4.69) is 33.9 Å². The van der Waals surface area contributed by atoms with E-state index in [-0.39, 0.29) is 28.9 Å². The van der Waals surface area contributed by atoms with Crippen LogP contribution in [0.1, 0.15) is 27.7 Å². The van der Waals surface area contributed by atoms with Gasteiger partial charge in [0.05, 0.1) is 18.1 Å². The van der Waals surface area contributed by atoms with Gasteiger partial charge in [0.25, 0.3) is 0 Å². The first kappa shape index (κ1) is 16.0. The molecule has 110 valence electrons. The summed E-state index contributed by atoms with van der Waals surface area (Å²) < 4.78 is 10.9. The van der Waals surface area contributed by atoms with Crippen molar-refractivity contribution in [3.05, 3.63) is 5.21 Å². The number of esters is 1. The van der Waals surface area contributed by atoms with Crippen molar-refractivity contribution in [3.8, 4) is 0 Å². The highest BCUT2D eigenvalue weighted by molar-refractivity contribution is 6.74. The third-order valence-corrected chi connectivity index (χ3v) is 8.06. The second-order valence-electron chi connectivity index (χ2n) is 6.03. The van der Waals surface area contributed by atoms with Gasteiger partial charge in [-0.05, 0) is 25.1 Å². The van der Waals surface area contributed by atoms with Crippen molar-refractivity contribution >= 4 is 20.0 Å². The van der Waals surface area contributed by atoms with E-state index >= 15 is 0 Å². The summed E-state index contributed by atoms with van der Waals surface area (Å²) in [4.78, 5) is 16.8. The van der Waals surface area contributed by atoms with Crippen LogP contribution in [-0.2, 0) is 18.8 Å². The molecule has 6 nitrogen and oxygen atoms in total. The van der Waals surface area contributed by atoms with E-state index in [1.165, 1.54) is 0 Å². The lowest BCUT2D eigenvalue weighted by Crippen LogP contribution is -2.48. The molecule has 0 aliphatic carbocycles. The first-order valence-corrected chi connectivity index (χ1v) is 9.33. The van der Waals surface area contributed by atoms with Crippen LogP contribution in [0.25, 0.3) is 0 Å². The van der Waals surface area contributed by atoms with Gasteiger partial charge < -0.3 is 14.0 Å². The average molecular weight is 289 g/mol. The van der Waals surface area contributed by atoms with Crippen LogP contribution in [0, 0.1) is 5.21 Å². The molecule has 0 saturated heterocycles. The van der Waals surface area contributed by atoms with Gasteiger partial charge in [-0.1, -0.05) is 20.8 Å². The Balaban J connectivity index is 2.88. The van der Waals surface area contributed by atoms with Crippen LogP contribution in [0.2, 0.25) is 18.1 Å². The average Bonchev–Trinajstić information content (AvgIpc) is 2.57. The zero-order valence-corrected chi connectivity index (χ0v) is 13.5. The van der Waals surface area contributed by atoms with E-state index in [0.29, 0.717) is 0 Å². The SMILES string of the molecule is CCOC(=O)C1=[N+]([O-])OCC1O[Si](C)(C)C(C)(C)C. The molecule has 1 aliphatic rings. The van der Waals surface area contributed by atoms with E-state index in [0.717, 1.165) is 0 Å². The summed E-state index contributed by atoms with van der Waals surface area (Å²) in [6.07, 6.45) is -0.641. The molecule has 0 spiro atoms. The van der Waals surface area contributed by atoms with E-state index in [1.807, 2.05) is 0 Å². The van der Waals surface area contributed by atoms with Crippen molar-refractivity contribution in [2.75, 3.05) is 13.2 Å². The van der Waals surface area contributed by atoms with Gasteiger partial charge in [0.1, 0.15) is 0 Å². The van der Waals surface area contributed by atoms with Crippen molar-refractivity contribution in [3.63, 3.8) is 0 Å². The molecule has 0 aromatic carbocycles. The van der Waals surface area contributed by atoms with Crippen LogP contribution in [0.4, 0.5) is 0 Å². The van der Waals surface area contributed by atoms with Gasteiger partial charge in [-0.25, -0.2) is 4.79 Å². The molecule has 0 N–H and O–H groups in total. The molecule has 0 amide bonds. The van der Waals surface area contributed by atoms with Gasteiger partial charge >= 0.3 is 11.7 Å². The number of nitrogens with zero attached hydrogens (tertiary/aromatic N) is 1. The monoisotopic (exact) mass is 289 g/mol. The van der Waals surface area contributed by atoms with Crippen molar-refractivity contribution in [1.29, 1.82) is 0 Å². The molecule has 1 aliphatic heterocycles. The van der Waals surface area contributed by atoms with E-state index in [1.54, 1.807) is 6.92 Å². The number of ether oxygens (including phenoxy) is 1. The molecule has 19 heavy (non-hydrogen) atoms. The maximum Gasteiger partial charge on any atom is 0.408 e. The fourth-order valence-corrected chi connectivity index (χ4v) is 2.68. The molecule has 0 fully saturated rings. The molecular formula is C12H23NO5Si. The van der Waals surface area contributed by atoms with E-state index in [9.17, 15) is 10.0 Å². The van der Waals surface area contributed by atoms with Gasteiger partial charge in [0, 0.05) is 0 Å². The Morgan fingerprint density at radius 1 is 1.53 bits per heavy atom. The summed E-state index contributed by atoms with van der Waals surface area (Å²) in [5.74, 6) is -0.668. The van der Waals surface area contributed by atoms with Crippen molar-refractivity contribution in [2.45, 2.75) is 51.9 Å². The molecule has 1 unspecified atom stereocenters. The largest absolute Gasteiger partial charge is 0.458 e. The number of carbonyl (C=O) groups is 1. The predicted octanol–water partition coefficient (Wildman–Crippen LogP) is 1.84. The molecule has 1 atom stereocenters. The third-order valence-electron chi connectivity index (χ3n) is 3.57. The fourth-order valence-electron chi connectivity index (χ4n) is 1.43. The Morgan fingerprint density at radius 2 is 2.11 bits per heavy atom. The molecule has 0 aromatic heterocycles. The molecule has 0 radical (unpaired) electrons. The lowest BCUT2D eigenvalue weighted by molar-refractivity contribution is -0.730. The van der Waals surface area contributed by atoms with Gasteiger partial charge in [-0.2, -0.15) is 0 Å². The Morgan fingerprint density at radius 3 is 2.58 bits per heavy atom. The fraction of sp³-hybridized carbons (Fsp3) is 0.833. The molecule has 7 heteroatoms. The number of hydrogen-bond donors (Lipinski definition) is 0. The Labute approximate surface area is 115 Å². The molecule has 0 saturated carbocycles. The lowest BCUT2D eigenvalue weighted by Gasteiger charge is -2.37. The summed E-state index contributed by atoms with van der Waals surface area (Å²) in [6.45, 7) is 12.4. The van der Waals surface area contributed by atoms with Gasteiger partial charge in [0.15, 0.2) is 14.4 Å². The van der Waals surface area contributed by atoms with E-state index in [4.69, 9.17) is 14.0 Å². The first-order valence-electron chi connectivity index (χ1n) is 6.42. The summed E-state index contributed by atoms with van der Waals surface area (Å²) in [6, 6.07) is 0. The minimum Gasteiger partial charge on any atom is -0.458 e. The highest BCUT2D eigenvalue weighted by Crippen LogP contribution is 2.37. The van der Waals surface area contributed by atoms with Crippen molar-refractivity contribution in [2.24, 2.45) is 0 Å². The maximum atomic E-state index is 11.8. The number of carbonyl (C=O) groups excluding carboxylic acids is 1. The molecule has 1 rings (SSSR count). The van der Waals surface area contributed by atoms with Crippen LogP contribution in [0.15, 0.2) is 0 Å². The number of rotatable bonds is 4. The third kappa shape index (κ3) is 3.47. The van der Waals surface area contributed by atoms with Crippen LogP contribution in [0.5, 0.6) is 0 Å². The second-order valence-corrected chi connectivity index (χ2v) is 10.8. The van der Waals surface area contributed by atoms with E-state index < -0.39 is 20.4 Å². The quantitative estimate of drug-likeness (QED) is 0.448. The minimum atomic E-state index is -2.08. The highest BCUT2D eigenvalue weighted by Gasteiger charge is 2.46. The lowest BCUT2D eigenvalue weighted by atomic mass is 10.2. The second kappa shape index (κ2) is 5.50. The molecule has 0 bridgehead atoms. The summed E-state index contributed by atoms with van der Waals surface area (Å²) in [7, 11) is -2.08. The maximum absolute atomic E-state index is 11.8. The van der Waals surface area contributed by atoms with Gasteiger partial charge in [-0.3, -0.25) is 5.21 Å². The van der Waals surface area contributed by atoms with Crippen molar-refractivity contribution in [1.82, 2.24) is 0 Å². The van der Waals surface area contributed by atoms with Gasteiger partial charge in [0.2, 0.25) is 0 Å². The predicted molar refractivity (Wildman–Crippen MR) is 73.3 cm³/mol. The first-order chi connectivity index (χ1) is 8.60. The highest BCUT2D eigenvalue weighted by atomic mass is 28.4. The minimum absolute atomic E-state index is 0.0108. The van der Waals surface area contributed by atoms with Crippen LogP contribution < -0.4 is 0 Å².